The zero-order valence-corrected chi connectivity index (χ0v) is 7.56. The Labute approximate surface area is 83.7 Å². The largest absolute Gasteiger partial charge is 0.404 e. The SMILES string of the molecule is Nc1ccc2[nH]nc(OC=O)c(=O)c2c1. The molecule has 0 spiro atoms. The summed E-state index contributed by atoms with van der Waals surface area (Å²) in [6.45, 7) is 0.149. The van der Waals surface area contributed by atoms with E-state index in [0.29, 0.717) is 16.6 Å². The maximum Gasteiger partial charge on any atom is 0.300 e. The number of nitrogens with one attached hydrogen (secondary N) is 1. The van der Waals surface area contributed by atoms with Crippen molar-refractivity contribution in [2.24, 2.45) is 0 Å². The van der Waals surface area contributed by atoms with Gasteiger partial charge in [0.1, 0.15) is 0 Å². The normalized spacial score (nSPS) is 10.1. The predicted octanol–water partition coefficient (Wildman–Crippen LogP) is 0.0405. The summed E-state index contributed by atoms with van der Waals surface area (Å²) in [4.78, 5) is 21.7. The van der Waals surface area contributed by atoms with Gasteiger partial charge in [-0.25, -0.2) is 0 Å². The third-order valence-corrected chi connectivity index (χ3v) is 1.92. The number of hydrogen-bond acceptors (Lipinski definition) is 5. The minimum absolute atomic E-state index is 0.149. The highest BCUT2D eigenvalue weighted by atomic mass is 16.5. The highest BCUT2D eigenvalue weighted by Crippen LogP contribution is 2.12. The van der Waals surface area contributed by atoms with Crippen LogP contribution in [0.1, 0.15) is 0 Å². The van der Waals surface area contributed by atoms with Gasteiger partial charge in [-0.15, -0.1) is 5.10 Å². The summed E-state index contributed by atoms with van der Waals surface area (Å²) in [5.41, 5.74) is 6.05. The van der Waals surface area contributed by atoms with E-state index in [1.807, 2.05) is 0 Å². The molecule has 0 aliphatic carbocycles. The molecule has 0 bridgehead atoms. The Morgan fingerprint density at radius 2 is 2.27 bits per heavy atom. The second-order valence-electron chi connectivity index (χ2n) is 2.88. The Balaban J connectivity index is 2.76. The lowest BCUT2D eigenvalue weighted by Crippen LogP contribution is -2.11. The van der Waals surface area contributed by atoms with E-state index in [-0.39, 0.29) is 12.4 Å². The van der Waals surface area contributed by atoms with Crippen molar-refractivity contribution in [3.63, 3.8) is 0 Å². The third kappa shape index (κ3) is 1.52. The Kier molecular flexibility index (Phi) is 2.09. The van der Waals surface area contributed by atoms with Crippen molar-refractivity contribution < 1.29 is 9.53 Å². The molecule has 0 unspecified atom stereocenters. The van der Waals surface area contributed by atoms with E-state index in [0.717, 1.165) is 0 Å². The maximum absolute atomic E-state index is 11.6. The molecule has 3 N–H and O–H groups in total. The number of aromatic amines is 1. The molecule has 1 heterocycles. The van der Waals surface area contributed by atoms with Gasteiger partial charge >= 0.3 is 0 Å². The summed E-state index contributed by atoms with van der Waals surface area (Å²) < 4.78 is 4.41. The van der Waals surface area contributed by atoms with Crippen LogP contribution >= 0.6 is 0 Å². The molecule has 15 heavy (non-hydrogen) atoms. The minimum Gasteiger partial charge on any atom is -0.404 e. The first-order valence-electron chi connectivity index (χ1n) is 4.10. The molecule has 0 fully saturated rings. The Morgan fingerprint density at radius 3 is 3.00 bits per heavy atom. The number of rotatable bonds is 2. The molecule has 0 saturated heterocycles. The topological polar surface area (TPSA) is 98.1 Å². The number of carbonyl (C=O) groups is 1. The van der Waals surface area contributed by atoms with Gasteiger partial charge in [0.2, 0.25) is 0 Å². The van der Waals surface area contributed by atoms with E-state index in [1.165, 1.54) is 6.07 Å². The van der Waals surface area contributed by atoms with E-state index >= 15 is 0 Å². The molecule has 0 radical (unpaired) electrons. The highest BCUT2D eigenvalue weighted by Gasteiger charge is 2.07. The van der Waals surface area contributed by atoms with E-state index in [1.54, 1.807) is 12.1 Å². The van der Waals surface area contributed by atoms with Gasteiger partial charge in [0.25, 0.3) is 17.8 Å². The fraction of sp³-hybridized carbons (Fsp3) is 0. The number of H-pyrrole nitrogens is 1. The molecular weight excluding hydrogens is 198 g/mol. The van der Waals surface area contributed by atoms with Crippen LogP contribution in [0.5, 0.6) is 5.88 Å². The first kappa shape index (κ1) is 9.20. The monoisotopic (exact) mass is 205 g/mol. The predicted molar refractivity (Wildman–Crippen MR) is 53.5 cm³/mol. The minimum atomic E-state index is -0.469. The molecule has 0 aliphatic heterocycles. The molecule has 2 rings (SSSR count). The summed E-state index contributed by atoms with van der Waals surface area (Å²) >= 11 is 0. The smallest absolute Gasteiger partial charge is 0.300 e. The van der Waals surface area contributed by atoms with Crippen LogP contribution in [-0.2, 0) is 4.79 Å². The zero-order valence-electron chi connectivity index (χ0n) is 7.56. The van der Waals surface area contributed by atoms with Gasteiger partial charge in [0, 0.05) is 5.69 Å². The summed E-state index contributed by atoms with van der Waals surface area (Å²) in [5, 5.41) is 6.51. The number of benzene rings is 1. The second-order valence-corrected chi connectivity index (χ2v) is 2.88. The van der Waals surface area contributed by atoms with E-state index in [9.17, 15) is 9.59 Å². The van der Waals surface area contributed by atoms with Gasteiger partial charge in [-0.2, -0.15) is 0 Å². The zero-order chi connectivity index (χ0) is 10.8. The van der Waals surface area contributed by atoms with Crippen LogP contribution in [0.15, 0.2) is 23.0 Å². The lowest BCUT2D eigenvalue weighted by Gasteiger charge is -2.00. The number of ether oxygens (including phenoxy) is 1. The van der Waals surface area contributed by atoms with Crippen LogP contribution in [0.4, 0.5) is 5.69 Å². The summed E-state index contributed by atoms with van der Waals surface area (Å²) in [6.07, 6.45) is 0. The second kappa shape index (κ2) is 3.41. The Hall–Kier alpha value is -2.37. The number of nitrogen functional groups attached to an aromatic ring is 1. The van der Waals surface area contributed by atoms with E-state index in [2.05, 4.69) is 14.9 Å². The van der Waals surface area contributed by atoms with Crippen molar-refractivity contribution in [2.45, 2.75) is 0 Å². The fourth-order valence-corrected chi connectivity index (χ4v) is 1.25. The summed E-state index contributed by atoms with van der Waals surface area (Å²) in [6, 6.07) is 4.76. The van der Waals surface area contributed by atoms with Crippen molar-refractivity contribution in [3.05, 3.63) is 28.4 Å². The molecule has 6 heteroatoms. The maximum atomic E-state index is 11.6. The number of aromatic nitrogens is 2. The van der Waals surface area contributed by atoms with Gasteiger partial charge in [0.05, 0.1) is 10.9 Å². The molecular formula is C9H7N3O3. The van der Waals surface area contributed by atoms with E-state index in [4.69, 9.17) is 5.73 Å². The molecule has 76 valence electrons. The van der Waals surface area contributed by atoms with Gasteiger partial charge in [-0.05, 0) is 18.2 Å². The highest BCUT2D eigenvalue weighted by molar-refractivity contribution is 5.82. The van der Waals surface area contributed by atoms with Crippen molar-refractivity contribution >= 4 is 23.1 Å². The number of fused-ring (bicyclic) bond motifs is 1. The average molecular weight is 205 g/mol. The van der Waals surface area contributed by atoms with Gasteiger partial charge in [-0.3, -0.25) is 14.7 Å². The third-order valence-electron chi connectivity index (χ3n) is 1.92. The van der Waals surface area contributed by atoms with Crippen LogP contribution < -0.4 is 15.9 Å². The van der Waals surface area contributed by atoms with Crippen LogP contribution in [0.25, 0.3) is 10.9 Å². The van der Waals surface area contributed by atoms with Crippen molar-refractivity contribution in [1.29, 1.82) is 0 Å². The van der Waals surface area contributed by atoms with Crippen molar-refractivity contribution in [2.75, 3.05) is 5.73 Å². The molecule has 1 aromatic heterocycles. The van der Waals surface area contributed by atoms with Gasteiger partial charge < -0.3 is 10.5 Å². The van der Waals surface area contributed by atoms with Crippen molar-refractivity contribution in [3.8, 4) is 5.88 Å². The molecule has 0 saturated carbocycles. The summed E-state index contributed by atoms with van der Waals surface area (Å²) in [7, 11) is 0. The van der Waals surface area contributed by atoms with Crippen LogP contribution in [0, 0.1) is 0 Å². The lowest BCUT2D eigenvalue weighted by atomic mass is 10.2. The first-order chi connectivity index (χ1) is 7.22. The molecule has 2 aromatic rings. The quantitative estimate of drug-likeness (QED) is 0.532. The number of carbonyl (C=O) groups excluding carboxylic acids is 1. The lowest BCUT2D eigenvalue weighted by molar-refractivity contribution is -0.121. The standard InChI is InChI=1S/C9H7N3O3/c10-5-1-2-7-6(3-5)8(14)9(12-11-7)15-4-13/h1-4H,10H2,(H,11,14). The van der Waals surface area contributed by atoms with E-state index < -0.39 is 5.43 Å². The molecule has 0 atom stereocenters. The molecule has 0 amide bonds. The first-order valence-corrected chi connectivity index (χ1v) is 4.10. The van der Waals surface area contributed by atoms with Gasteiger partial charge in [0.15, 0.2) is 0 Å². The van der Waals surface area contributed by atoms with Gasteiger partial charge in [-0.1, -0.05) is 0 Å². The van der Waals surface area contributed by atoms with Crippen LogP contribution in [-0.4, -0.2) is 16.7 Å². The molecule has 6 nitrogen and oxygen atoms in total. The number of hydrogen-bond donors (Lipinski definition) is 2. The molecule has 0 aliphatic rings. The summed E-state index contributed by atoms with van der Waals surface area (Å²) in [5.74, 6) is -0.289. The van der Waals surface area contributed by atoms with Crippen molar-refractivity contribution in [1.82, 2.24) is 10.2 Å². The van der Waals surface area contributed by atoms with Crippen LogP contribution in [0.2, 0.25) is 0 Å². The van der Waals surface area contributed by atoms with Crippen LogP contribution in [0.3, 0.4) is 0 Å². The fourth-order valence-electron chi connectivity index (χ4n) is 1.25. The number of nitrogens with two attached hydrogens (primary N) is 1. The number of nitrogens with zero attached hydrogens (tertiary/aromatic N) is 1. The Bertz CT molecular complexity index is 576. The average Bonchev–Trinajstić information content (AvgIpc) is 2.23. The number of anilines is 1. The Morgan fingerprint density at radius 1 is 1.47 bits per heavy atom. The molecule has 1 aromatic carbocycles.